The van der Waals surface area contributed by atoms with Crippen molar-refractivity contribution in [3.05, 3.63) is 30.0 Å². The maximum absolute atomic E-state index is 9.36. The summed E-state index contributed by atoms with van der Waals surface area (Å²) in [5.74, 6) is 0.825. The highest BCUT2D eigenvalue weighted by molar-refractivity contribution is 5.74. The molecule has 2 aromatic rings. The number of hydrogen-bond donors (Lipinski definition) is 3. The van der Waals surface area contributed by atoms with Crippen molar-refractivity contribution in [2.75, 3.05) is 5.73 Å². The average molecular weight is 189 g/mol. The molecule has 0 aliphatic heterocycles. The van der Waals surface area contributed by atoms with E-state index in [1.54, 1.807) is 12.3 Å². The zero-order chi connectivity index (χ0) is 10.1. The van der Waals surface area contributed by atoms with Gasteiger partial charge in [0.1, 0.15) is 11.6 Å². The van der Waals surface area contributed by atoms with E-state index < -0.39 is 0 Å². The highest BCUT2D eigenvalue weighted by Gasteiger charge is 2.05. The molecular formula is C10H11N3O. The quantitative estimate of drug-likeness (QED) is 0.638. The lowest BCUT2D eigenvalue weighted by Crippen LogP contribution is -1.87. The Hall–Kier alpha value is -1.97. The lowest BCUT2D eigenvalue weighted by molar-refractivity contribution is 0.471. The van der Waals surface area contributed by atoms with E-state index >= 15 is 0 Å². The molecule has 0 saturated carbocycles. The van der Waals surface area contributed by atoms with Crippen molar-refractivity contribution in [3.8, 4) is 16.9 Å². The van der Waals surface area contributed by atoms with Crippen LogP contribution in [0.5, 0.6) is 5.75 Å². The van der Waals surface area contributed by atoms with Gasteiger partial charge in [-0.2, -0.15) is 5.10 Å². The van der Waals surface area contributed by atoms with Crippen LogP contribution in [0.25, 0.3) is 11.1 Å². The summed E-state index contributed by atoms with van der Waals surface area (Å²) >= 11 is 0. The Kier molecular flexibility index (Phi) is 1.89. The summed E-state index contributed by atoms with van der Waals surface area (Å²) in [6, 6.07) is 5.33. The highest BCUT2D eigenvalue weighted by atomic mass is 16.3. The number of phenolic OH excluding ortho intramolecular Hbond substituents is 1. The molecule has 0 saturated heterocycles. The number of phenols is 1. The number of nitrogens with one attached hydrogen (secondary N) is 1. The Morgan fingerprint density at radius 1 is 1.43 bits per heavy atom. The molecule has 0 fully saturated rings. The zero-order valence-electron chi connectivity index (χ0n) is 7.78. The third kappa shape index (κ3) is 1.31. The predicted molar refractivity (Wildman–Crippen MR) is 54.8 cm³/mol. The number of aromatic hydroxyl groups is 1. The Balaban J connectivity index is 2.53. The fraction of sp³-hybridized carbons (Fsp3) is 0.100. The number of hydrogen-bond acceptors (Lipinski definition) is 3. The summed E-state index contributed by atoms with van der Waals surface area (Å²) in [5, 5.41) is 15.9. The fourth-order valence-electron chi connectivity index (χ4n) is 1.35. The van der Waals surface area contributed by atoms with Gasteiger partial charge in [-0.1, -0.05) is 6.07 Å². The number of nitrogens with two attached hydrogens (primary N) is 1. The van der Waals surface area contributed by atoms with Crippen LogP contribution in [0.15, 0.2) is 24.4 Å². The number of nitrogen functional groups attached to an aromatic ring is 1. The molecule has 4 N–H and O–H groups in total. The topological polar surface area (TPSA) is 74.9 Å². The van der Waals surface area contributed by atoms with Gasteiger partial charge in [-0.3, -0.25) is 5.10 Å². The van der Waals surface area contributed by atoms with Gasteiger partial charge in [0.25, 0.3) is 0 Å². The average Bonchev–Trinajstić information content (AvgIpc) is 2.57. The molecule has 0 radical (unpaired) electrons. The first-order valence-electron chi connectivity index (χ1n) is 4.27. The van der Waals surface area contributed by atoms with E-state index in [0.717, 1.165) is 16.7 Å². The Labute approximate surface area is 81.4 Å². The van der Waals surface area contributed by atoms with Gasteiger partial charge < -0.3 is 10.8 Å². The predicted octanol–water partition coefficient (Wildman–Crippen LogP) is 1.67. The van der Waals surface area contributed by atoms with E-state index in [1.165, 1.54) is 0 Å². The van der Waals surface area contributed by atoms with Crippen LogP contribution < -0.4 is 5.73 Å². The lowest BCUT2D eigenvalue weighted by Gasteiger charge is -2.02. The Morgan fingerprint density at radius 2 is 2.21 bits per heavy atom. The SMILES string of the molecule is Cc1cc(-c2cn[nH]c2N)ccc1O. The monoisotopic (exact) mass is 189 g/mol. The van der Waals surface area contributed by atoms with Crippen LogP contribution in [0.4, 0.5) is 5.82 Å². The molecule has 14 heavy (non-hydrogen) atoms. The summed E-state index contributed by atoms with van der Waals surface area (Å²) < 4.78 is 0. The van der Waals surface area contributed by atoms with Crippen LogP contribution in [0, 0.1) is 6.92 Å². The normalized spacial score (nSPS) is 10.4. The summed E-state index contributed by atoms with van der Waals surface area (Å²) in [6.07, 6.45) is 1.67. The second kappa shape index (κ2) is 3.06. The third-order valence-electron chi connectivity index (χ3n) is 2.18. The van der Waals surface area contributed by atoms with Crippen LogP contribution in [-0.4, -0.2) is 15.3 Å². The number of aromatic amines is 1. The second-order valence-corrected chi connectivity index (χ2v) is 3.20. The molecular weight excluding hydrogens is 178 g/mol. The van der Waals surface area contributed by atoms with E-state index in [9.17, 15) is 5.11 Å². The van der Waals surface area contributed by atoms with Crippen molar-refractivity contribution in [2.24, 2.45) is 0 Å². The van der Waals surface area contributed by atoms with E-state index in [1.807, 2.05) is 19.1 Å². The van der Waals surface area contributed by atoms with Gasteiger partial charge in [0, 0.05) is 5.56 Å². The molecule has 2 rings (SSSR count). The van der Waals surface area contributed by atoms with Gasteiger partial charge >= 0.3 is 0 Å². The van der Waals surface area contributed by atoms with Gasteiger partial charge in [0.15, 0.2) is 0 Å². The molecule has 4 nitrogen and oxygen atoms in total. The van der Waals surface area contributed by atoms with Crippen LogP contribution in [0.2, 0.25) is 0 Å². The van der Waals surface area contributed by atoms with E-state index in [-0.39, 0.29) is 5.75 Å². The highest BCUT2D eigenvalue weighted by Crippen LogP contribution is 2.27. The van der Waals surface area contributed by atoms with Gasteiger partial charge in [0.2, 0.25) is 0 Å². The van der Waals surface area contributed by atoms with E-state index in [0.29, 0.717) is 5.82 Å². The summed E-state index contributed by atoms with van der Waals surface area (Å²) in [5.41, 5.74) is 8.31. The number of rotatable bonds is 1. The minimum absolute atomic E-state index is 0.288. The first kappa shape index (κ1) is 8.62. The summed E-state index contributed by atoms with van der Waals surface area (Å²) in [7, 11) is 0. The lowest BCUT2D eigenvalue weighted by atomic mass is 10.1. The molecule has 0 unspecified atom stereocenters. The van der Waals surface area contributed by atoms with Crippen molar-refractivity contribution >= 4 is 5.82 Å². The number of H-pyrrole nitrogens is 1. The number of aryl methyl sites for hydroxylation is 1. The van der Waals surface area contributed by atoms with Gasteiger partial charge in [-0.25, -0.2) is 0 Å². The van der Waals surface area contributed by atoms with Gasteiger partial charge in [-0.05, 0) is 30.2 Å². The smallest absolute Gasteiger partial charge is 0.126 e. The van der Waals surface area contributed by atoms with Crippen LogP contribution in [-0.2, 0) is 0 Å². The number of aromatic nitrogens is 2. The maximum atomic E-state index is 9.36. The minimum Gasteiger partial charge on any atom is -0.508 e. The third-order valence-corrected chi connectivity index (χ3v) is 2.18. The Bertz CT molecular complexity index is 462. The van der Waals surface area contributed by atoms with Crippen molar-refractivity contribution < 1.29 is 5.11 Å². The molecule has 1 heterocycles. The van der Waals surface area contributed by atoms with Crippen LogP contribution in [0.1, 0.15) is 5.56 Å². The second-order valence-electron chi connectivity index (χ2n) is 3.20. The van der Waals surface area contributed by atoms with Crippen molar-refractivity contribution in [1.29, 1.82) is 0 Å². The van der Waals surface area contributed by atoms with E-state index in [4.69, 9.17) is 5.73 Å². The summed E-state index contributed by atoms with van der Waals surface area (Å²) in [4.78, 5) is 0. The molecule has 0 atom stereocenters. The number of anilines is 1. The molecule has 0 aliphatic carbocycles. The van der Waals surface area contributed by atoms with Gasteiger partial charge in [0.05, 0.1) is 6.20 Å². The van der Waals surface area contributed by atoms with Crippen molar-refractivity contribution in [2.45, 2.75) is 6.92 Å². The van der Waals surface area contributed by atoms with Gasteiger partial charge in [-0.15, -0.1) is 0 Å². The maximum Gasteiger partial charge on any atom is 0.126 e. The Morgan fingerprint density at radius 3 is 2.79 bits per heavy atom. The molecule has 72 valence electrons. The van der Waals surface area contributed by atoms with Crippen molar-refractivity contribution in [1.82, 2.24) is 10.2 Å². The van der Waals surface area contributed by atoms with Crippen LogP contribution in [0.3, 0.4) is 0 Å². The van der Waals surface area contributed by atoms with Crippen molar-refractivity contribution in [3.63, 3.8) is 0 Å². The fourth-order valence-corrected chi connectivity index (χ4v) is 1.35. The molecule has 1 aromatic heterocycles. The molecule has 0 spiro atoms. The minimum atomic E-state index is 0.288. The number of benzene rings is 1. The van der Waals surface area contributed by atoms with E-state index in [2.05, 4.69) is 10.2 Å². The summed E-state index contributed by atoms with van der Waals surface area (Å²) in [6.45, 7) is 1.84. The molecule has 4 heteroatoms. The first-order valence-corrected chi connectivity index (χ1v) is 4.27. The molecule has 1 aromatic carbocycles. The molecule has 0 amide bonds. The standard InChI is InChI=1S/C10H11N3O/c1-6-4-7(2-3-9(6)14)8-5-12-13-10(8)11/h2-5,14H,1H3,(H3,11,12,13). The molecule has 0 bridgehead atoms. The zero-order valence-corrected chi connectivity index (χ0v) is 7.78. The molecule has 0 aliphatic rings. The van der Waals surface area contributed by atoms with Crippen LogP contribution >= 0.6 is 0 Å². The number of nitrogens with zero attached hydrogens (tertiary/aromatic N) is 1. The largest absolute Gasteiger partial charge is 0.508 e. The first-order chi connectivity index (χ1) is 6.68.